The van der Waals surface area contributed by atoms with Crippen LogP contribution < -0.4 is 5.73 Å². The molecule has 0 aliphatic carbocycles. The van der Waals surface area contributed by atoms with Crippen LogP contribution in [0, 0.1) is 5.41 Å². The normalized spacial score (nSPS) is 25.3. The summed E-state index contributed by atoms with van der Waals surface area (Å²) in [7, 11) is 4.15. The quantitative estimate of drug-likeness (QED) is 0.413. The number of halogens is 1. The Hall–Kier alpha value is 0.347. The smallest absolute Gasteiger partial charge is 0.121 e. The molecule has 3 unspecified atom stereocenters. The third-order valence-electron chi connectivity index (χ3n) is 5.03. The highest BCUT2D eigenvalue weighted by Crippen LogP contribution is 2.49. The Bertz CT molecular complexity index is 283. The van der Waals surface area contributed by atoms with Gasteiger partial charge in [0.1, 0.15) is 10.9 Å². The maximum absolute atomic E-state index is 6.48. The first-order valence-corrected chi connectivity index (χ1v) is 7.83. The zero-order chi connectivity index (χ0) is 14.0. The van der Waals surface area contributed by atoms with Gasteiger partial charge in [0.25, 0.3) is 0 Å². The third-order valence-corrected chi connectivity index (χ3v) is 6.24. The Morgan fingerprint density at radius 1 is 1.26 bits per heavy atom. The Labute approximate surface area is 126 Å². The van der Waals surface area contributed by atoms with E-state index in [4.69, 9.17) is 19.9 Å². The molecule has 1 saturated heterocycles. The predicted octanol–water partition coefficient (Wildman–Crippen LogP) is 1.03. The number of nitrogens with two attached hydrogens (primary N) is 1. The van der Waals surface area contributed by atoms with E-state index in [1.54, 1.807) is 14.2 Å². The molecule has 0 saturated carbocycles. The highest BCUT2D eigenvalue weighted by atomic mass is 35.5. The first-order valence-electron chi connectivity index (χ1n) is 6.83. The molecule has 0 aromatic rings. The van der Waals surface area contributed by atoms with E-state index < -0.39 is 10.9 Å². The molecule has 0 radical (unpaired) electrons. The van der Waals surface area contributed by atoms with Gasteiger partial charge < -0.3 is 19.9 Å². The topological polar surface area (TPSA) is 57.0 Å². The minimum Gasteiger partial charge on any atom is -0.374 e. The molecule has 3 atom stereocenters. The summed E-state index contributed by atoms with van der Waals surface area (Å²) in [5.74, 6) is 0. The highest BCUT2D eigenvalue weighted by molar-refractivity contribution is 6.15. The number of rotatable bonds is 8. The van der Waals surface area contributed by atoms with Gasteiger partial charge in [-0.05, 0) is 18.3 Å². The van der Waals surface area contributed by atoms with Gasteiger partial charge in [-0.3, -0.25) is 0 Å². The molecule has 4 nitrogen and oxygen atoms in total. The van der Waals surface area contributed by atoms with Gasteiger partial charge in [0.05, 0.1) is 23.0 Å². The minimum absolute atomic E-state index is 0. The molecule has 1 aliphatic heterocycles. The van der Waals surface area contributed by atoms with Crippen LogP contribution in [0.1, 0.15) is 40.0 Å². The van der Waals surface area contributed by atoms with Crippen LogP contribution >= 0.6 is 12.4 Å². The maximum atomic E-state index is 6.48. The van der Waals surface area contributed by atoms with E-state index in [0.717, 1.165) is 25.9 Å². The summed E-state index contributed by atoms with van der Waals surface area (Å²) in [6, 6.07) is 0. The Kier molecular flexibility index (Phi) is 7.00. The second kappa shape index (κ2) is 6.87. The molecular weight excluding hydrogens is 282 g/mol. The van der Waals surface area contributed by atoms with Crippen LogP contribution in [0.5, 0.6) is 0 Å². The van der Waals surface area contributed by atoms with Gasteiger partial charge in [0.2, 0.25) is 0 Å². The van der Waals surface area contributed by atoms with Crippen LogP contribution in [0.3, 0.4) is 0 Å². The molecule has 0 bridgehead atoms. The van der Waals surface area contributed by atoms with Crippen molar-refractivity contribution in [2.45, 2.75) is 57.1 Å². The lowest BCUT2D eigenvalue weighted by Gasteiger charge is -2.55. The molecule has 0 amide bonds. The van der Waals surface area contributed by atoms with Gasteiger partial charge in [-0.1, -0.05) is 20.8 Å². The van der Waals surface area contributed by atoms with Gasteiger partial charge in [0.15, 0.2) is 0 Å². The molecule has 0 aromatic heterocycles. The lowest BCUT2D eigenvalue weighted by Crippen LogP contribution is -2.70. The van der Waals surface area contributed by atoms with Crippen molar-refractivity contribution in [2.75, 3.05) is 20.8 Å². The number of epoxide rings is 1. The van der Waals surface area contributed by atoms with E-state index in [9.17, 15) is 0 Å². The SMILES string of the molecule is CCC(C)(CC)C(CC1CO1)(OC)C(N)([SiH3])OC.Cl. The molecule has 2 N–H and O–H groups in total. The number of hydrogen-bond donors (Lipinski definition) is 1. The summed E-state index contributed by atoms with van der Waals surface area (Å²) in [5.41, 5.74) is 5.98. The fourth-order valence-electron chi connectivity index (χ4n) is 3.07. The molecule has 6 heteroatoms. The summed E-state index contributed by atoms with van der Waals surface area (Å²) in [5, 5.41) is -0.700. The zero-order valence-corrected chi connectivity index (χ0v) is 15.9. The summed E-state index contributed by atoms with van der Waals surface area (Å²) in [4.78, 5) is 0. The van der Waals surface area contributed by atoms with Crippen LogP contribution in [0.2, 0.25) is 0 Å². The average Bonchev–Trinajstić information content (AvgIpc) is 3.18. The highest BCUT2D eigenvalue weighted by Gasteiger charge is 2.59. The summed E-state index contributed by atoms with van der Waals surface area (Å²) >= 11 is 0. The van der Waals surface area contributed by atoms with Gasteiger partial charge >= 0.3 is 0 Å². The number of methoxy groups -OCH3 is 2. The fraction of sp³-hybridized carbons (Fsp3) is 1.00. The summed E-state index contributed by atoms with van der Waals surface area (Å²) in [6.07, 6.45) is 3.10. The summed E-state index contributed by atoms with van der Waals surface area (Å²) in [6.45, 7) is 7.45. The molecule has 0 spiro atoms. The molecule has 116 valence electrons. The molecule has 1 aliphatic rings. The van der Waals surface area contributed by atoms with Crippen LogP contribution in [-0.2, 0) is 14.2 Å². The van der Waals surface area contributed by atoms with Crippen molar-refractivity contribution in [3.63, 3.8) is 0 Å². The minimum atomic E-state index is -0.700. The summed E-state index contributed by atoms with van der Waals surface area (Å²) < 4.78 is 17.0. The van der Waals surface area contributed by atoms with Crippen LogP contribution in [-0.4, -0.2) is 48.1 Å². The monoisotopic (exact) mass is 311 g/mol. The van der Waals surface area contributed by atoms with Gasteiger partial charge in [-0.15, -0.1) is 12.4 Å². The molecule has 1 rings (SSSR count). The van der Waals surface area contributed by atoms with Crippen molar-refractivity contribution in [3.8, 4) is 0 Å². The lowest BCUT2D eigenvalue weighted by atomic mass is 9.66. The van der Waals surface area contributed by atoms with E-state index in [2.05, 4.69) is 20.8 Å². The van der Waals surface area contributed by atoms with Crippen molar-refractivity contribution in [1.29, 1.82) is 0 Å². The third kappa shape index (κ3) is 3.33. The van der Waals surface area contributed by atoms with E-state index in [-0.39, 0.29) is 23.9 Å². The lowest BCUT2D eigenvalue weighted by molar-refractivity contribution is -0.210. The Balaban J connectivity index is 0.00000324. The zero-order valence-electron chi connectivity index (χ0n) is 13.1. The molecule has 1 heterocycles. The first kappa shape index (κ1) is 19.3. The maximum Gasteiger partial charge on any atom is 0.121 e. The second-order valence-electron chi connectivity index (χ2n) is 5.77. The molecule has 1 fully saturated rings. The van der Waals surface area contributed by atoms with Crippen LogP contribution in [0.4, 0.5) is 0 Å². The predicted molar refractivity (Wildman–Crippen MR) is 83.9 cm³/mol. The van der Waals surface area contributed by atoms with E-state index in [1.807, 2.05) is 0 Å². The molecule has 0 aromatic carbocycles. The fourth-order valence-corrected chi connectivity index (χ4v) is 4.08. The van der Waals surface area contributed by atoms with Gasteiger partial charge in [0, 0.05) is 20.6 Å². The van der Waals surface area contributed by atoms with Crippen molar-refractivity contribution in [2.24, 2.45) is 11.1 Å². The Morgan fingerprint density at radius 3 is 2.00 bits per heavy atom. The van der Waals surface area contributed by atoms with Crippen LogP contribution in [0.15, 0.2) is 0 Å². The van der Waals surface area contributed by atoms with Gasteiger partial charge in [-0.2, -0.15) is 0 Å². The van der Waals surface area contributed by atoms with Crippen molar-refractivity contribution in [3.05, 3.63) is 0 Å². The standard InChI is InChI=1S/C13H29NO3Si.ClH/c1-6-11(3,7-2)12(15-4,8-10-9-17-10)13(14,18)16-5;/h10H,6-9,14H2,1-5,18H3;1H. The van der Waals surface area contributed by atoms with Crippen molar-refractivity contribution in [1.82, 2.24) is 0 Å². The van der Waals surface area contributed by atoms with Crippen molar-refractivity contribution >= 4 is 22.6 Å². The largest absolute Gasteiger partial charge is 0.374 e. The van der Waals surface area contributed by atoms with Crippen molar-refractivity contribution < 1.29 is 14.2 Å². The number of ether oxygens (including phenoxy) is 3. The number of hydrogen-bond acceptors (Lipinski definition) is 4. The first-order chi connectivity index (χ1) is 8.32. The van der Waals surface area contributed by atoms with E-state index in [0.29, 0.717) is 10.2 Å². The van der Waals surface area contributed by atoms with E-state index >= 15 is 0 Å². The van der Waals surface area contributed by atoms with Gasteiger partial charge in [-0.25, -0.2) is 0 Å². The average molecular weight is 312 g/mol. The second-order valence-corrected chi connectivity index (χ2v) is 7.26. The molecule has 19 heavy (non-hydrogen) atoms. The van der Waals surface area contributed by atoms with Crippen LogP contribution in [0.25, 0.3) is 0 Å². The Morgan fingerprint density at radius 2 is 1.74 bits per heavy atom. The molecular formula is C13H30ClNO3Si. The van der Waals surface area contributed by atoms with E-state index in [1.165, 1.54) is 0 Å².